The fourth-order valence-corrected chi connectivity index (χ4v) is 1.50. The summed E-state index contributed by atoms with van der Waals surface area (Å²) in [5.74, 6) is 0.633. The summed E-state index contributed by atoms with van der Waals surface area (Å²) >= 11 is 0. The zero-order valence-electron chi connectivity index (χ0n) is 11.9. The number of methoxy groups -OCH3 is 1. The SMILES string of the molecule is COc1cc(N)c(C)cc1N.Nc1ccc([N+](=O)[O-])cc1. The van der Waals surface area contributed by atoms with Crippen molar-refractivity contribution >= 4 is 22.7 Å². The van der Waals surface area contributed by atoms with Crippen molar-refractivity contribution in [2.45, 2.75) is 6.92 Å². The molecule has 0 spiro atoms. The minimum atomic E-state index is -0.459. The van der Waals surface area contributed by atoms with E-state index in [0.29, 0.717) is 22.8 Å². The van der Waals surface area contributed by atoms with Crippen molar-refractivity contribution in [1.29, 1.82) is 0 Å². The van der Waals surface area contributed by atoms with Gasteiger partial charge in [-0.05, 0) is 30.7 Å². The van der Waals surface area contributed by atoms with Crippen molar-refractivity contribution in [2.75, 3.05) is 24.3 Å². The maximum atomic E-state index is 10.1. The van der Waals surface area contributed by atoms with E-state index in [1.54, 1.807) is 19.2 Å². The van der Waals surface area contributed by atoms with E-state index >= 15 is 0 Å². The maximum absolute atomic E-state index is 10.1. The molecule has 2 aromatic carbocycles. The summed E-state index contributed by atoms with van der Waals surface area (Å²) in [6.07, 6.45) is 0. The van der Waals surface area contributed by atoms with Crippen molar-refractivity contribution in [3.05, 3.63) is 52.1 Å². The van der Waals surface area contributed by atoms with Gasteiger partial charge in [-0.2, -0.15) is 0 Å². The normalized spacial score (nSPS) is 9.43. The molecule has 0 saturated heterocycles. The quantitative estimate of drug-likeness (QED) is 0.442. The van der Waals surface area contributed by atoms with Crippen molar-refractivity contribution in [2.24, 2.45) is 0 Å². The molecule has 0 heterocycles. The van der Waals surface area contributed by atoms with Gasteiger partial charge in [0.15, 0.2) is 0 Å². The van der Waals surface area contributed by atoms with Gasteiger partial charge in [0.05, 0.1) is 17.7 Å². The molecule has 7 nitrogen and oxygen atoms in total. The maximum Gasteiger partial charge on any atom is 0.269 e. The summed E-state index contributed by atoms with van der Waals surface area (Å²) < 4.78 is 4.98. The smallest absolute Gasteiger partial charge is 0.269 e. The molecule has 6 N–H and O–H groups in total. The van der Waals surface area contributed by atoms with E-state index in [2.05, 4.69) is 0 Å². The summed E-state index contributed by atoms with van der Waals surface area (Å²) in [7, 11) is 1.57. The molecule has 0 aromatic heterocycles. The second-order valence-corrected chi connectivity index (χ2v) is 4.30. The number of ether oxygens (including phenoxy) is 1. The van der Waals surface area contributed by atoms with E-state index in [-0.39, 0.29) is 5.69 Å². The van der Waals surface area contributed by atoms with Crippen LogP contribution in [0.25, 0.3) is 0 Å². The first-order valence-corrected chi connectivity index (χ1v) is 6.04. The lowest BCUT2D eigenvalue weighted by atomic mass is 10.2. The highest BCUT2D eigenvalue weighted by molar-refractivity contribution is 5.63. The van der Waals surface area contributed by atoms with Crippen molar-refractivity contribution in [3.8, 4) is 5.75 Å². The van der Waals surface area contributed by atoms with Crippen molar-refractivity contribution < 1.29 is 9.66 Å². The molecule has 0 atom stereocenters. The fourth-order valence-electron chi connectivity index (χ4n) is 1.50. The number of nitro groups is 1. The van der Waals surface area contributed by atoms with Crippen LogP contribution in [-0.2, 0) is 0 Å². The first kappa shape index (κ1) is 16.1. The number of nitro benzene ring substituents is 1. The molecule has 0 amide bonds. The highest BCUT2D eigenvalue weighted by Crippen LogP contribution is 2.26. The van der Waals surface area contributed by atoms with Gasteiger partial charge in [0.25, 0.3) is 5.69 Å². The first-order chi connectivity index (χ1) is 9.85. The molecular weight excluding hydrogens is 272 g/mol. The molecule has 0 fully saturated rings. The van der Waals surface area contributed by atoms with Crippen LogP contribution in [0.2, 0.25) is 0 Å². The Morgan fingerprint density at radius 2 is 1.62 bits per heavy atom. The third-order valence-corrected chi connectivity index (χ3v) is 2.72. The van der Waals surface area contributed by atoms with Gasteiger partial charge in [0.1, 0.15) is 5.75 Å². The van der Waals surface area contributed by atoms with E-state index in [9.17, 15) is 10.1 Å². The van der Waals surface area contributed by atoms with Gasteiger partial charge in [-0.15, -0.1) is 0 Å². The molecule has 2 rings (SSSR count). The van der Waals surface area contributed by atoms with Gasteiger partial charge in [-0.3, -0.25) is 10.1 Å². The third-order valence-electron chi connectivity index (χ3n) is 2.72. The number of non-ortho nitro benzene ring substituents is 1. The highest BCUT2D eigenvalue weighted by Gasteiger charge is 2.01. The number of nitrogens with two attached hydrogens (primary N) is 3. The third kappa shape index (κ3) is 4.57. The van der Waals surface area contributed by atoms with E-state index in [4.69, 9.17) is 21.9 Å². The number of aryl methyl sites for hydroxylation is 1. The molecular formula is C14H18N4O3. The zero-order valence-corrected chi connectivity index (χ0v) is 11.9. The summed E-state index contributed by atoms with van der Waals surface area (Å²) in [5.41, 5.74) is 19.5. The van der Waals surface area contributed by atoms with Gasteiger partial charge in [0.2, 0.25) is 0 Å². The molecule has 0 aliphatic carbocycles. The van der Waals surface area contributed by atoms with Crippen LogP contribution in [0.15, 0.2) is 36.4 Å². The van der Waals surface area contributed by atoms with Crippen LogP contribution >= 0.6 is 0 Å². The van der Waals surface area contributed by atoms with Gasteiger partial charge in [0, 0.05) is 29.6 Å². The Hall–Kier alpha value is -2.96. The average Bonchev–Trinajstić information content (AvgIpc) is 2.44. The zero-order chi connectivity index (χ0) is 16.0. The number of rotatable bonds is 2. The summed E-state index contributed by atoms with van der Waals surface area (Å²) in [5, 5.41) is 10.1. The molecule has 0 radical (unpaired) electrons. The highest BCUT2D eigenvalue weighted by atomic mass is 16.6. The molecule has 2 aromatic rings. The fraction of sp³-hybridized carbons (Fsp3) is 0.143. The molecule has 0 aliphatic heterocycles. The Bertz CT molecular complexity index is 627. The first-order valence-electron chi connectivity index (χ1n) is 6.04. The summed E-state index contributed by atoms with van der Waals surface area (Å²) in [4.78, 5) is 9.62. The second-order valence-electron chi connectivity index (χ2n) is 4.30. The van der Waals surface area contributed by atoms with E-state index in [1.165, 1.54) is 24.3 Å². The Balaban J connectivity index is 0.000000211. The van der Waals surface area contributed by atoms with E-state index in [0.717, 1.165) is 5.56 Å². The predicted octanol–water partition coefficient (Wildman–Crippen LogP) is 2.35. The summed E-state index contributed by atoms with van der Waals surface area (Å²) in [6.45, 7) is 1.91. The predicted molar refractivity (Wildman–Crippen MR) is 84.1 cm³/mol. The molecule has 112 valence electrons. The monoisotopic (exact) mass is 290 g/mol. The number of nitrogen functional groups attached to an aromatic ring is 3. The standard InChI is InChI=1S/C8H12N2O.C6H6N2O2/c1-5-3-7(10)8(11-2)4-6(5)9;7-5-1-3-6(4-2-5)8(9)10/h3-4H,9-10H2,1-2H3;1-4H,7H2. The van der Waals surface area contributed by atoms with Gasteiger partial charge in [-0.25, -0.2) is 0 Å². The van der Waals surface area contributed by atoms with Crippen LogP contribution in [0, 0.1) is 17.0 Å². The minimum absolute atomic E-state index is 0.0641. The summed E-state index contributed by atoms with van der Waals surface area (Å²) in [6, 6.07) is 9.26. The number of anilines is 3. The number of nitrogens with zero attached hydrogens (tertiary/aromatic N) is 1. The Morgan fingerprint density at radius 1 is 1.05 bits per heavy atom. The lowest BCUT2D eigenvalue weighted by molar-refractivity contribution is -0.384. The second kappa shape index (κ2) is 6.99. The van der Waals surface area contributed by atoms with Crippen LogP contribution in [0.5, 0.6) is 5.75 Å². The van der Waals surface area contributed by atoms with E-state index < -0.39 is 4.92 Å². The Labute approximate surface area is 122 Å². The number of hydrogen-bond acceptors (Lipinski definition) is 6. The molecule has 0 aliphatic rings. The van der Waals surface area contributed by atoms with Crippen molar-refractivity contribution in [3.63, 3.8) is 0 Å². The van der Waals surface area contributed by atoms with Crippen LogP contribution in [-0.4, -0.2) is 12.0 Å². The van der Waals surface area contributed by atoms with Gasteiger partial charge < -0.3 is 21.9 Å². The van der Waals surface area contributed by atoms with E-state index in [1.807, 2.05) is 6.92 Å². The lowest BCUT2D eigenvalue weighted by Gasteiger charge is -2.06. The molecule has 0 saturated carbocycles. The van der Waals surface area contributed by atoms with Crippen molar-refractivity contribution in [1.82, 2.24) is 0 Å². The molecule has 0 bridgehead atoms. The molecule has 21 heavy (non-hydrogen) atoms. The molecule has 7 heteroatoms. The van der Waals surface area contributed by atoms with Crippen LogP contribution in [0.1, 0.15) is 5.56 Å². The number of hydrogen-bond donors (Lipinski definition) is 3. The average molecular weight is 290 g/mol. The lowest BCUT2D eigenvalue weighted by Crippen LogP contribution is -1.96. The van der Waals surface area contributed by atoms with Crippen LogP contribution < -0.4 is 21.9 Å². The topological polar surface area (TPSA) is 130 Å². The minimum Gasteiger partial charge on any atom is -0.495 e. The number of benzene rings is 2. The largest absolute Gasteiger partial charge is 0.495 e. The van der Waals surface area contributed by atoms with Gasteiger partial charge >= 0.3 is 0 Å². The molecule has 0 unspecified atom stereocenters. The Kier molecular flexibility index (Phi) is 5.36. The van der Waals surface area contributed by atoms with Gasteiger partial charge in [-0.1, -0.05) is 0 Å². The van der Waals surface area contributed by atoms with Crippen LogP contribution in [0.4, 0.5) is 22.7 Å². The Morgan fingerprint density at radius 3 is 2.10 bits per heavy atom. The van der Waals surface area contributed by atoms with Crippen LogP contribution in [0.3, 0.4) is 0 Å².